The Bertz CT molecular complexity index is 505. The first-order chi connectivity index (χ1) is 7.16. The van der Waals surface area contributed by atoms with Gasteiger partial charge in [0.1, 0.15) is 12.4 Å². The molecule has 5 nitrogen and oxygen atoms in total. The fraction of sp³-hybridized carbons (Fsp3) is 0. The number of benzene rings is 1. The van der Waals surface area contributed by atoms with Crippen LogP contribution in [0.5, 0.6) is 0 Å². The summed E-state index contributed by atoms with van der Waals surface area (Å²) in [5, 5.41) is 14.3. The molecule has 0 spiro atoms. The average molecular weight is 202 g/mol. The Morgan fingerprint density at radius 1 is 1.47 bits per heavy atom. The predicted molar refractivity (Wildman–Crippen MR) is 54.7 cm³/mol. The van der Waals surface area contributed by atoms with E-state index in [0.29, 0.717) is 0 Å². The third-order valence-electron chi connectivity index (χ3n) is 1.95. The first-order valence-corrected chi connectivity index (χ1v) is 4.28. The topological polar surface area (TPSA) is 61.0 Å². The highest BCUT2D eigenvalue weighted by Gasteiger charge is 2.09. The molecule has 1 aromatic carbocycles. The fourth-order valence-electron chi connectivity index (χ4n) is 1.25. The van der Waals surface area contributed by atoms with Gasteiger partial charge >= 0.3 is 5.69 Å². The molecule has 0 fully saturated rings. The summed E-state index contributed by atoms with van der Waals surface area (Å²) in [7, 11) is 0. The summed E-state index contributed by atoms with van der Waals surface area (Å²) >= 11 is 0. The molecule has 0 atom stereocenters. The smallest absolute Gasteiger partial charge is 0.258 e. The zero-order valence-electron chi connectivity index (χ0n) is 7.83. The van der Waals surface area contributed by atoms with Crippen molar-refractivity contribution in [2.45, 2.75) is 0 Å². The third kappa shape index (κ3) is 1.85. The molecule has 2 aromatic rings. The van der Waals surface area contributed by atoms with Crippen LogP contribution in [0.4, 0.5) is 5.69 Å². The monoisotopic (exact) mass is 202 g/mol. The first kappa shape index (κ1) is 9.39. The van der Waals surface area contributed by atoms with Crippen molar-refractivity contribution >= 4 is 5.69 Å². The van der Waals surface area contributed by atoms with E-state index in [1.54, 1.807) is 6.07 Å². The molecule has 15 heavy (non-hydrogen) atoms. The molecule has 0 saturated carbocycles. The van der Waals surface area contributed by atoms with E-state index in [9.17, 15) is 10.1 Å². The van der Waals surface area contributed by atoms with E-state index in [4.69, 9.17) is 0 Å². The van der Waals surface area contributed by atoms with Gasteiger partial charge in [0.25, 0.3) is 0 Å². The molecule has 0 bridgehead atoms. The lowest BCUT2D eigenvalue weighted by molar-refractivity contribution is -0.384. The maximum atomic E-state index is 10.5. The molecular formula is C10H8N3O2. The highest BCUT2D eigenvalue weighted by Crippen LogP contribution is 2.14. The van der Waals surface area contributed by atoms with Crippen LogP contribution in [0, 0.1) is 17.0 Å². The van der Waals surface area contributed by atoms with Gasteiger partial charge in [-0.25, -0.2) is 4.68 Å². The van der Waals surface area contributed by atoms with Crippen LogP contribution in [0.1, 0.15) is 5.56 Å². The Morgan fingerprint density at radius 2 is 2.27 bits per heavy atom. The first-order valence-electron chi connectivity index (χ1n) is 4.28. The van der Waals surface area contributed by atoms with Gasteiger partial charge in [-0.05, 0) is 24.6 Å². The number of nitrogens with zero attached hydrogens (tertiary/aromatic N) is 3. The Hall–Kier alpha value is -2.17. The van der Waals surface area contributed by atoms with E-state index in [-0.39, 0.29) is 5.69 Å². The molecular weight excluding hydrogens is 194 g/mol. The molecule has 2 rings (SSSR count). The second-order valence-electron chi connectivity index (χ2n) is 3.07. The zero-order valence-corrected chi connectivity index (χ0v) is 7.83. The van der Waals surface area contributed by atoms with E-state index < -0.39 is 4.92 Å². The maximum absolute atomic E-state index is 10.5. The molecule has 0 aliphatic rings. The fourth-order valence-corrected chi connectivity index (χ4v) is 1.25. The molecule has 1 radical (unpaired) electrons. The molecule has 0 aliphatic carbocycles. The number of aromatic nitrogens is 2. The van der Waals surface area contributed by atoms with Crippen LogP contribution in [0.25, 0.3) is 5.69 Å². The zero-order chi connectivity index (χ0) is 10.8. The lowest BCUT2D eigenvalue weighted by atomic mass is 10.2. The van der Waals surface area contributed by atoms with Gasteiger partial charge in [-0.1, -0.05) is 12.1 Å². The largest absolute Gasteiger partial charge is 0.307 e. The molecule has 1 aromatic heterocycles. The van der Waals surface area contributed by atoms with Crippen molar-refractivity contribution in [3.05, 3.63) is 59.3 Å². The second kappa shape index (κ2) is 3.53. The van der Waals surface area contributed by atoms with Crippen molar-refractivity contribution in [1.29, 1.82) is 0 Å². The highest BCUT2D eigenvalue weighted by atomic mass is 16.6. The van der Waals surface area contributed by atoms with Gasteiger partial charge in [-0.15, -0.1) is 0 Å². The van der Waals surface area contributed by atoms with Gasteiger partial charge in [0.2, 0.25) is 0 Å². The summed E-state index contributed by atoms with van der Waals surface area (Å²) in [6, 6.07) is 7.29. The molecule has 75 valence electrons. The van der Waals surface area contributed by atoms with Crippen molar-refractivity contribution in [1.82, 2.24) is 9.78 Å². The minimum atomic E-state index is -0.475. The van der Waals surface area contributed by atoms with Crippen molar-refractivity contribution < 1.29 is 4.92 Å². The summed E-state index contributed by atoms with van der Waals surface area (Å²) < 4.78 is 1.45. The Labute approximate surface area is 86.1 Å². The van der Waals surface area contributed by atoms with E-state index in [1.165, 1.54) is 17.1 Å². The highest BCUT2D eigenvalue weighted by molar-refractivity contribution is 5.38. The summed E-state index contributed by atoms with van der Waals surface area (Å²) in [4.78, 5) is 9.98. The molecule has 1 heterocycles. The summed E-state index contributed by atoms with van der Waals surface area (Å²) in [5.74, 6) is 0. The van der Waals surface area contributed by atoms with Crippen LogP contribution in [0.3, 0.4) is 0 Å². The molecule has 0 unspecified atom stereocenters. The van der Waals surface area contributed by atoms with Gasteiger partial charge in [0.15, 0.2) is 0 Å². The van der Waals surface area contributed by atoms with Gasteiger partial charge < -0.3 is 0 Å². The van der Waals surface area contributed by atoms with Gasteiger partial charge in [0, 0.05) is 0 Å². The Balaban J connectivity index is 2.41. The Kier molecular flexibility index (Phi) is 2.21. The average Bonchev–Trinajstić information content (AvgIpc) is 2.66. The van der Waals surface area contributed by atoms with Crippen LogP contribution in [0.2, 0.25) is 0 Å². The normalized spacial score (nSPS) is 10.2. The minimum absolute atomic E-state index is 0.0236. The lowest BCUT2D eigenvalue weighted by Crippen LogP contribution is -1.94. The summed E-state index contributed by atoms with van der Waals surface area (Å²) in [6.07, 6.45) is 2.59. The van der Waals surface area contributed by atoms with Gasteiger partial charge in [-0.2, -0.15) is 5.10 Å². The van der Waals surface area contributed by atoms with Crippen LogP contribution in [-0.2, 0) is 0 Å². The minimum Gasteiger partial charge on any atom is -0.258 e. The van der Waals surface area contributed by atoms with Crippen molar-refractivity contribution in [2.24, 2.45) is 0 Å². The molecule has 0 amide bonds. The third-order valence-corrected chi connectivity index (χ3v) is 1.95. The van der Waals surface area contributed by atoms with Crippen molar-refractivity contribution in [3.8, 4) is 5.69 Å². The second-order valence-corrected chi connectivity index (χ2v) is 3.07. The number of hydrogen-bond donors (Lipinski definition) is 0. The van der Waals surface area contributed by atoms with Crippen LogP contribution >= 0.6 is 0 Å². The Morgan fingerprint density at radius 3 is 2.87 bits per heavy atom. The molecule has 0 aliphatic heterocycles. The van der Waals surface area contributed by atoms with E-state index in [0.717, 1.165) is 11.3 Å². The van der Waals surface area contributed by atoms with E-state index in [2.05, 4.69) is 12.0 Å². The standard InChI is InChI=1S/C10H8N3O2/c1-8-3-2-4-9(5-8)12-7-10(6-11-12)13(14)15/h2-7H,1H2. The quantitative estimate of drug-likeness (QED) is 0.552. The molecule has 0 saturated heterocycles. The van der Waals surface area contributed by atoms with E-state index in [1.807, 2.05) is 18.2 Å². The molecule has 5 heteroatoms. The summed E-state index contributed by atoms with van der Waals surface area (Å²) in [5.41, 5.74) is 1.57. The van der Waals surface area contributed by atoms with Crippen LogP contribution in [0.15, 0.2) is 36.7 Å². The van der Waals surface area contributed by atoms with Crippen LogP contribution < -0.4 is 0 Å². The lowest BCUT2D eigenvalue weighted by Gasteiger charge is -2.00. The maximum Gasteiger partial charge on any atom is 0.307 e. The number of rotatable bonds is 2. The number of nitro groups is 1. The number of hydrogen-bond acceptors (Lipinski definition) is 3. The van der Waals surface area contributed by atoms with E-state index >= 15 is 0 Å². The van der Waals surface area contributed by atoms with Gasteiger partial charge in [0.05, 0.1) is 10.6 Å². The SMILES string of the molecule is [CH2]c1cccc(-n2cc([N+](=O)[O-])cn2)c1. The van der Waals surface area contributed by atoms with Crippen molar-refractivity contribution in [3.63, 3.8) is 0 Å². The summed E-state index contributed by atoms with van der Waals surface area (Å²) in [6.45, 7) is 3.77. The van der Waals surface area contributed by atoms with Gasteiger partial charge in [-0.3, -0.25) is 10.1 Å². The van der Waals surface area contributed by atoms with Crippen molar-refractivity contribution in [2.75, 3.05) is 0 Å². The predicted octanol–water partition coefficient (Wildman–Crippen LogP) is 1.96. The van der Waals surface area contributed by atoms with Crippen LogP contribution in [-0.4, -0.2) is 14.7 Å². The molecule has 0 N–H and O–H groups in total.